The van der Waals surface area contributed by atoms with E-state index in [1.54, 1.807) is 32.4 Å². The number of hydrogen-bond acceptors (Lipinski definition) is 6. The highest BCUT2D eigenvalue weighted by atomic mass is 16.5. The first kappa shape index (κ1) is 25.5. The van der Waals surface area contributed by atoms with E-state index in [1.165, 1.54) is 4.90 Å². The largest absolute Gasteiger partial charge is 0.443 e. The van der Waals surface area contributed by atoms with Crippen LogP contribution in [0.25, 0.3) is 22.2 Å². The number of benzene rings is 2. The van der Waals surface area contributed by atoms with Crippen molar-refractivity contribution in [3.8, 4) is 11.1 Å². The fourth-order valence-electron chi connectivity index (χ4n) is 4.61. The predicted molar refractivity (Wildman–Crippen MR) is 146 cm³/mol. The molecule has 0 aliphatic carbocycles. The van der Waals surface area contributed by atoms with E-state index in [9.17, 15) is 9.59 Å². The number of nitrogen functional groups attached to an aromatic ring is 1. The lowest BCUT2D eigenvalue weighted by Gasteiger charge is -2.17. The minimum absolute atomic E-state index is 0.0384. The molecule has 3 heterocycles. The number of anilines is 1. The Morgan fingerprint density at radius 1 is 1.11 bits per heavy atom. The second-order valence-corrected chi connectivity index (χ2v) is 10.9. The Morgan fingerprint density at radius 3 is 2.61 bits per heavy atom. The van der Waals surface area contributed by atoms with Gasteiger partial charge < -0.3 is 20.1 Å². The van der Waals surface area contributed by atoms with Gasteiger partial charge in [0.15, 0.2) is 6.73 Å². The summed E-state index contributed by atoms with van der Waals surface area (Å²) in [6.45, 7) is 6.03. The van der Waals surface area contributed by atoms with Crippen LogP contribution in [-0.2, 0) is 27.6 Å². The molecular formula is C30H32N4O4. The number of carbonyl (C=O) groups is 2. The maximum atomic E-state index is 12.7. The number of carbonyl (C=O) groups excluding carboxylic acids is 2. The van der Waals surface area contributed by atoms with Crippen molar-refractivity contribution in [3.05, 3.63) is 83.2 Å². The first-order valence-corrected chi connectivity index (χ1v) is 12.5. The third-order valence-electron chi connectivity index (χ3n) is 6.74. The van der Waals surface area contributed by atoms with Crippen molar-refractivity contribution in [1.29, 1.82) is 0 Å². The monoisotopic (exact) mass is 512 g/mol. The predicted octanol–water partition coefficient (Wildman–Crippen LogP) is 5.15. The highest BCUT2D eigenvalue weighted by Crippen LogP contribution is 2.40. The molecular weight excluding hydrogens is 480 g/mol. The number of nitrogens with zero attached hydrogens (tertiary/aromatic N) is 3. The molecule has 1 aliphatic rings. The summed E-state index contributed by atoms with van der Waals surface area (Å²) in [5.41, 5.74) is 11.9. The molecule has 0 saturated carbocycles. The van der Waals surface area contributed by atoms with Crippen molar-refractivity contribution >= 4 is 28.6 Å². The van der Waals surface area contributed by atoms with Crippen molar-refractivity contribution in [2.45, 2.75) is 40.2 Å². The van der Waals surface area contributed by atoms with E-state index in [2.05, 4.69) is 12.1 Å². The van der Waals surface area contributed by atoms with E-state index in [0.717, 1.165) is 33.2 Å². The van der Waals surface area contributed by atoms with Gasteiger partial charge in [-0.25, -0.2) is 4.98 Å². The van der Waals surface area contributed by atoms with E-state index in [4.69, 9.17) is 20.2 Å². The summed E-state index contributed by atoms with van der Waals surface area (Å²) in [4.78, 5) is 31.4. The number of esters is 1. The van der Waals surface area contributed by atoms with Gasteiger partial charge in [-0.3, -0.25) is 14.2 Å². The lowest BCUT2D eigenvalue weighted by Crippen LogP contribution is -2.23. The van der Waals surface area contributed by atoms with Gasteiger partial charge in [0, 0.05) is 48.7 Å². The number of pyridine rings is 1. The summed E-state index contributed by atoms with van der Waals surface area (Å²) in [6.07, 6.45) is 3.43. The second-order valence-electron chi connectivity index (χ2n) is 10.9. The van der Waals surface area contributed by atoms with Crippen molar-refractivity contribution in [2.75, 3.05) is 19.8 Å². The third kappa shape index (κ3) is 4.63. The van der Waals surface area contributed by atoms with Crippen LogP contribution < -0.4 is 5.73 Å². The molecule has 2 aromatic carbocycles. The summed E-state index contributed by atoms with van der Waals surface area (Å²) in [6, 6.07) is 15.6. The van der Waals surface area contributed by atoms with Crippen LogP contribution in [0.15, 0.2) is 60.9 Å². The van der Waals surface area contributed by atoms with Gasteiger partial charge in [0.1, 0.15) is 11.8 Å². The average molecular weight is 513 g/mol. The standard InChI is InChI=1S/C30H32N4O4/c1-30(2,3)29(36)38-17-34-15-24(26-21-9-7-6-8-19(21)16-37-26)22-13-20(14-32-27(22)34)18-10-11-25(31)23(12-18)28(35)33(4)5/h6-15,26H,16-17,31H2,1-5H3. The summed E-state index contributed by atoms with van der Waals surface area (Å²) >= 11 is 0. The zero-order chi connectivity index (χ0) is 27.2. The van der Waals surface area contributed by atoms with Crippen LogP contribution in [0.4, 0.5) is 5.69 Å². The van der Waals surface area contributed by atoms with E-state index in [0.29, 0.717) is 23.5 Å². The van der Waals surface area contributed by atoms with Crippen LogP contribution in [0.1, 0.15) is 53.9 Å². The molecule has 2 N–H and O–H groups in total. The lowest BCUT2D eigenvalue weighted by atomic mass is 9.97. The normalized spacial score (nSPS) is 14.9. The second kappa shape index (κ2) is 9.61. The Morgan fingerprint density at radius 2 is 1.87 bits per heavy atom. The van der Waals surface area contributed by atoms with E-state index >= 15 is 0 Å². The van der Waals surface area contributed by atoms with Crippen molar-refractivity contribution in [3.63, 3.8) is 0 Å². The van der Waals surface area contributed by atoms with Crippen LogP contribution in [0, 0.1) is 5.41 Å². The summed E-state index contributed by atoms with van der Waals surface area (Å²) < 4.78 is 13.7. The number of hydrogen-bond donors (Lipinski definition) is 1. The summed E-state index contributed by atoms with van der Waals surface area (Å²) in [5, 5.41) is 0.883. The maximum Gasteiger partial charge on any atom is 0.312 e. The highest BCUT2D eigenvalue weighted by Gasteiger charge is 2.29. The summed E-state index contributed by atoms with van der Waals surface area (Å²) in [5.74, 6) is -0.457. The molecule has 8 nitrogen and oxygen atoms in total. The number of rotatable bonds is 5. The number of aromatic nitrogens is 2. The molecule has 2 aromatic heterocycles. The van der Waals surface area contributed by atoms with Gasteiger partial charge in [0.2, 0.25) is 0 Å². The third-order valence-corrected chi connectivity index (χ3v) is 6.74. The van der Waals surface area contributed by atoms with Crippen molar-refractivity contribution in [1.82, 2.24) is 14.5 Å². The van der Waals surface area contributed by atoms with Crippen molar-refractivity contribution < 1.29 is 19.1 Å². The van der Waals surface area contributed by atoms with Crippen LogP contribution >= 0.6 is 0 Å². The maximum absolute atomic E-state index is 12.7. The zero-order valence-electron chi connectivity index (χ0n) is 22.3. The van der Waals surface area contributed by atoms with Gasteiger partial charge in [0.25, 0.3) is 5.91 Å². The molecule has 38 heavy (non-hydrogen) atoms. The molecule has 4 aromatic rings. The van der Waals surface area contributed by atoms with Gasteiger partial charge in [-0.2, -0.15) is 0 Å². The fourth-order valence-corrected chi connectivity index (χ4v) is 4.61. The molecule has 1 aliphatic heterocycles. The topological polar surface area (TPSA) is 99.7 Å². The van der Waals surface area contributed by atoms with E-state index in [-0.39, 0.29) is 24.7 Å². The van der Waals surface area contributed by atoms with Crippen LogP contribution in [0.2, 0.25) is 0 Å². The number of ether oxygens (including phenoxy) is 2. The molecule has 0 spiro atoms. The molecule has 0 saturated heterocycles. The Balaban J connectivity index is 1.61. The molecule has 1 amide bonds. The average Bonchev–Trinajstić information content (AvgIpc) is 3.47. The van der Waals surface area contributed by atoms with Crippen LogP contribution in [0.5, 0.6) is 0 Å². The number of amides is 1. The highest BCUT2D eigenvalue weighted by molar-refractivity contribution is 6.00. The fraction of sp³-hybridized carbons (Fsp3) is 0.300. The van der Waals surface area contributed by atoms with Gasteiger partial charge in [0.05, 0.1) is 17.6 Å². The van der Waals surface area contributed by atoms with Gasteiger partial charge in [-0.15, -0.1) is 0 Å². The summed E-state index contributed by atoms with van der Waals surface area (Å²) in [7, 11) is 3.39. The molecule has 0 bridgehead atoms. The van der Waals surface area contributed by atoms with E-state index < -0.39 is 5.41 Å². The molecule has 0 radical (unpaired) electrons. The molecule has 196 valence electrons. The molecule has 5 rings (SSSR count). The zero-order valence-corrected chi connectivity index (χ0v) is 22.3. The Hall–Kier alpha value is -4.17. The van der Waals surface area contributed by atoms with Crippen molar-refractivity contribution in [2.24, 2.45) is 5.41 Å². The molecule has 0 fully saturated rings. The van der Waals surface area contributed by atoms with Gasteiger partial charge >= 0.3 is 5.97 Å². The smallest absolute Gasteiger partial charge is 0.312 e. The Bertz CT molecular complexity index is 1550. The quantitative estimate of drug-likeness (QED) is 0.293. The molecule has 1 unspecified atom stereocenters. The van der Waals surface area contributed by atoms with Gasteiger partial charge in [-0.1, -0.05) is 30.3 Å². The van der Waals surface area contributed by atoms with E-state index in [1.807, 2.05) is 55.8 Å². The number of fused-ring (bicyclic) bond motifs is 2. The first-order valence-electron chi connectivity index (χ1n) is 12.5. The Kier molecular flexibility index (Phi) is 6.44. The number of nitrogens with two attached hydrogens (primary N) is 1. The van der Waals surface area contributed by atoms with Crippen LogP contribution in [-0.4, -0.2) is 40.4 Å². The molecule has 1 atom stereocenters. The minimum Gasteiger partial charge on any atom is -0.443 e. The van der Waals surface area contributed by atoms with Gasteiger partial charge in [-0.05, 0) is 55.7 Å². The first-order chi connectivity index (χ1) is 18.0. The SMILES string of the molecule is CN(C)C(=O)c1cc(-c2cnc3c(c2)c(C2OCc4ccccc42)cn3COC(=O)C(C)(C)C)ccc1N. The lowest BCUT2D eigenvalue weighted by molar-refractivity contribution is -0.156. The molecule has 8 heteroatoms. The minimum atomic E-state index is -0.614. The Labute approximate surface area is 222 Å². The van der Waals surface area contributed by atoms with Crippen LogP contribution in [0.3, 0.4) is 0 Å².